The van der Waals surface area contributed by atoms with Gasteiger partial charge < -0.3 is 9.47 Å². The van der Waals surface area contributed by atoms with Crippen molar-refractivity contribution in [3.05, 3.63) is 57.8 Å². The summed E-state index contributed by atoms with van der Waals surface area (Å²) in [5.41, 5.74) is 1.85. The van der Waals surface area contributed by atoms with Crippen LogP contribution in [0.4, 0.5) is 4.39 Å². The minimum Gasteiger partial charge on any atom is -0.493 e. The highest BCUT2D eigenvalue weighted by atomic mass is 79.9. The maximum absolute atomic E-state index is 13.0. The fraction of sp³-hybridized carbons (Fsp3) is 0.167. The molecule has 0 aliphatic heterocycles. The zero-order valence-corrected chi connectivity index (χ0v) is 14.4. The van der Waals surface area contributed by atoms with Crippen molar-refractivity contribution in [3.63, 3.8) is 0 Å². The summed E-state index contributed by atoms with van der Waals surface area (Å²) in [4.78, 5) is 0. The van der Waals surface area contributed by atoms with Crippen LogP contribution in [0, 0.1) is 17.1 Å². The monoisotopic (exact) mass is 375 g/mol. The molecule has 0 spiro atoms. The van der Waals surface area contributed by atoms with Crippen molar-refractivity contribution in [2.24, 2.45) is 0 Å². The van der Waals surface area contributed by atoms with E-state index in [4.69, 9.17) is 9.47 Å². The first-order valence-corrected chi connectivity index (χ1v) is 7.76. The predicted molar refractivity (Wildman–Crippen MR) is 91.7 cm³/mol. The summed E-state index contributed by atoms with van der Waals surface area (Å²) in [6, 6.07) is 11.5. The van der Waals surface area contributed by atoms with Crippen LogP contribution in [0.3, 0.4) is 0 Å². The molecule has 0 unspecified atom stereocenters. The van der Waals surface area contributed by atoms with Crippen LogP contribution in [0.2, 0.25) is 0 Å². The van der Waals surface area contributed by atoms with Crippen LogP contribution in [0.15, 0.2) is 40.9 Å². The molecule has 0 fully saturated rings. The minimum absolute atomic E-state index is 0.338. The van der Waals surface area contributed by atoms with Gasteiger partial charge in [0.1, 0.15) is 5.82 Å². The van der Waals surface area contributed by atoms with Crippen molar-refractivity contribution in [3.8, 4) is 17.6 Å². The van der Waals surface area contributed by atoms with Crippen molar-refractivity contribution >= 4 is 27.6 Å². The molecular formula is C18H15BrFNO2. The second-order valence-corrected chi connectivity index (χ2v) is 5.49. The molecule has 118 valence electrons. The maximum atomic E-state index is 13.0. The van der Waals surface area contributed by atoms with E-state index in [2.05, 4.69) is 22.0 Å². The molecule has 0 atom stereocenters. The second-order valence-electron chi connectivity index (χ2n) is 4.63. The van der Waals surface area contributed by atoms with Gasteiger partial charge in [0.2, 0.25) is 0 Å². The fourth-order valence-corrected chi connectivity index (χ4v) is 2.49. The number of ether oxygens (including phenoxy) is 2. The van der Waals surface area contributed by atoms with Crippen LogP contribution in [-0.4, -0.2) is 13.7 Å². The third-order valence-electron chi connectivity index (χ3n) is 3.16. The van der Waals surface area contributed by atoms with E-state index >= 15 is 0 Å². The highest BCUT2D eigenvalue weighted by Crippen LogP contribution is 2.35. The van der Waals surface area contributed by atoms with Gasteiger partial charge in [-0.15, -0.1) is 0 Å². The van der Waals surface area contributed by atoms with Crippen molar-refractivity contribution in [2.45, 2.75) is 6.92 Å². The zero-order chi connectivity index (χ0) is 16.8. The number of hydrogen-bond acceptors (Lipinski definition) is 3. The molecule has 0 saturated carbocycles. The van der Waals surface area contributed by atoms with E-state index in [9.17, 15) is 9.65 Å². The van der Waals surface area contributed by atoms with Gasteiger partial charge in [-0.2, -0.15) is 5.26 Å². The minimum atomic E-state index is -0.338. The first kappa shape index (κ1) is 17.0. The molecule has 2 aromatic rings. The molecule has 2 aromatic carbocycles. The standard InChI is InChI=1S/C18H15BrFNO2/c1-3-23-18-9-13(16(19)10-17(18)22-2)8-14(11-21)12-4-6-15(20)7-5-12/h4-10H,3H2,1-2H3/b14-8-. The number of allylic oxidation sites excluding steroid dienone is 1. The van der Waals surface area contributed by atoms with E-state index in [-0.39, 0.29) is 5.82 Å². The number of halogens is 2. The first-order valence-electron chi connectivity index (χ1n) is 6.97. The van der Waals surface area contributed by atoms with Gasteiger partial charge in [0.15, 0.2) is 11.5 Å². The number of nitrogens with zero attached hydrogens (tertiary/aromatic N) is 1. The average Bonchev–Trinajstić information content (AvgIpc) is 2.56. The SMILES string of the molecule is CCOc1cc(/C=C(/C#N)c2ccc(F)cc2)c(Br)cc1OC. The molecule has 23 heavy (non-hydrogen) atoms. The summed E-state index contributed by atoms with van der Waals surface area (Å²) in [5, 5.41) is 9.39. The lowest BCUT2D eigenvalue weighted by molar-refractivity contribution is 0.310. The van der Waals surface area contributed by atoms with Crippen LogP contribution in [0.5, 0.6) is 11.5 Å². The van der Waals surface area contributed by atoms with E-state index in [0.717, 1.165) is 10.0 Å². The molecule has 0 aromatic heterocycles. The Bertz CT molecular complexity index is 764. The van der Waals surface area contributed by atoms with Gasteiger partial charge in [-0.05, 0) is 48.4 Å². The Labute approximate surface area is 143 Å². The molecule has 0 heterocycles. The Hall–Kier alpha value is -2.32. The number of nitriles is 1. The molecule has 0 saturated heterocycles. The molecule has 2 rings (SSSR count). The molecule has 0 amide bonds. The second kappa shape index (κ2) is 7.80. The Morgan fingerprint density at radius 1 is 1.26 bits per heavy atom. The molecule has 0 N–H and O–H groups in total. The lowest BCUT2D eigenvalue weighted by Gasteiger charge is -2.12. The summed E-state index contributed by atoms with van der Waals surface area (Å²) in [5.74, 6) is 0.868. The topological polar surface area (TPSA) is 42.2 Å². The predicted octanol–water partition coefficient (Wildman–Crippen LogP) is 5.06. The van der Waals surface area contributed by atoms with Gasteiger partial charge in [0.05, 0.1) is 25.4 Å². The maximum Gasteiger partial charge on any atom is 0.161 e. The lowest BCUT2D eigenvalue weighted by Crippen LogP contribution is -1.96. The normalized spacial score (nSPS) is 11.0. The van der Waals surface area contributed by atoms with Crippen LogP contribution in [0.1, 0.15) is 18.1 Å². The number of rotatable bonds is 5. The van der Waals surface area contributed by atoms with Gasteiger partial charge in [0.25, 0.3) is 0 Å². The van der Waals surface area contributed by atoms with Crippen molar-refractivity contribution < 1.29 is 13.9 Å². The van der Waals surface area contributed by atoms with Crippen molar-refractivity contribution in [1.82, 2.24) is 0 Å². The number of benzene rings is 2. The van der Waals surface area contributed by atoms with Crippen LogP contribution in [0.25, 0.3) is 11.6 Å². The summed E-state index contributed by atoms with van der Waals surface area (Å²) in [6.07, 6.45) is 1.72. The Morgan fingerprint density at radius 2 is 1.96 bits per heavy atom. The average molecular weight is 376 g/mol. The van der Waals surface area contributed by atoms with E-state index in [1.54, 1.807) is 37.5 Å². The summed E-state index contributed by atoms with van der Waals surface area (Å²) < 4.78 is 24.6. The molecule has 0 aliphatic carbocycles. The van der Waals surface area contributed by atoms with Gasteiger partial charge in [-0.1, -0.05) is 28.1 Å². The van der Waals surface area contributed by atoms with Crippen molar-refractivity contribution in [1.29, 1.82) is 5.26 Å². The third kappa shape index (κ3) is 4.11. The Balaban J connectivity index is 2.49. The Kier molecular flexibility index (Phi) is 5.78. The third-order valence-corrected chi connectivity index (χ3v) is 3.85. The van der Waals surface area contributed by atoms with E-state index in [1.165, 1.54) is 12.1 Å². The smallest absolute Gasteiger partial charge is 0.161 e. The van der Waals surface area contributed by atoms with Crippen LogP contribution >= 0.6 is 15.9 Å². The van der Waals surface area contributed by atoms with Crippen LogP contribution < -0.4 is 9.47 Å². The zero-order valence-electron chi connectivity index (χ0n) is 12.8. The molecule has 0 aliphatic rings. The Morgan fingerprint density at radius 3 is 2.52 bits per heavy atom. The van der Waals surface area contributed by atoms with Crippen LogP contribution in [-0.2, 0) is 0 Å². The highest BCUT2D eigenvalue weighted by Gasteiger charge is 2.10. The quantitative estimate of drug-likeness (QED) is 0.541. The largest absolute Gasteiger partial charge is 0.493 e. The van der Waals surface area contributed by atoms with E-state index in [0.29, 0.717) is 29.2 Å². The molecule has 5 heteroatoms. The van der Waals surface area contributed by atoms with Gasteiger partial charge in [0, 0.05) is 4.47 Å². The fourth-order valence-electron chi connectivity index (χ4n) is 2.05. The van der Waals surface area contributed by atoms with Crippen molar-refractivity contribution in [2.75, 3.05) is 13.7 Å². The van der Waals surface area contributed by atoms with Gasteiger partial charge >= 0.3 is 0 Å². The summed E-state index contributed by atoms with van der Waals surface area (Å²) in [7, 11) is 1.57. The van der Waals surface area contributed by atoms with E-state index in [1.807, 2.05) is 6.92 Å². The summed E-state index contributed by atoms with van der Waals surface area (Å²) >= 11 is 3.47. The highest BCUT2D eigenvalue weighted by molar-refractivity contribution is 9.10. The molecule has 3 nitrogen and oxygen atoms in total. The first-order chi connectivity index (χ1) is 11.1. The lowest BCUT2D eigenvalue weighted by atomic mass is 10.0. The molecule has 0 radical (unpaired) electrons. The van der Waals surface area contributed by atoms with Gasteiger partial charge in [-0.25, -0.2) is 4.39 Å². The molecular weight excluding hydrogens is 361 g/mol. The number of hydrogen-bond donors (Lipinski definition) is 0. The number of methoxy groups -OCH3 is 1. The summed E-state index contributed by atoms with van der Waals surface area (Å²) in [6.45, 7) is 2.39. The van der Waals surface area contributed by atoms with Gasteiger partial charge in [-0.3, -0.25) is 0 Å². The van der Waals surface area contributed by atoms with E-state index < -0.39 is 0 Å². The molecule has 0 bridgehead atoms.